The first kappa shape index (κ1) is 11.6. The Kier molecular flexibility index (Phi) is 4.39. The molecule has 0 spiro atoms. The smallest absolute Gasteiger partial charge is 0.319 e. The summed E-state index contributed by atoms with van der Waals surface area (Å²) in [4.78, 5) is 28.0. The molecular weight excluding hydrogens is 179 g/mol. The highest BCUT2D eigenvalue weighted by Crippen LogP contribution is 2.39. The van der Waals surface area contributed by atoms with Crippen molar-refractivity contribution in [1.82, 2.24) is 0 Å². The van der Waals surface area contributed by atoms with Crippen LogP contribution in [0.2, 0.25) is 0 Å². The van der Waals surface area contributed by atoms with Gasteiger partial charge in [-0.05, 0) is 12.8 Å². The lowest BCUT2D eigenvalue weighted by Gasteiger charge is -2.04. The molecule has 70 valence electrons. The van der Waals surface area contributed by atoms with Crippen LogP contribution in [0.3, 0.4) is 0 Å². The number of carbonyl (C=O) groups is 1. The predicted molar refractivity (Wildman–Crippen MR) is 45.7 cm³/mol. The van der Waals surface area contributed by atoms with E-state index in [0.29, 0.717) is 12.8 Å². The lowest BCUT2D eigenvalue weighted by atomic mass is 10.2. The van der Waals surface area contributed by atoms with Gasteiger partial charge in [-0.25, -0.2) is 0 Å². The molecule has 0 rings (SSSR count). The summed E-state index contributed by atoms with van der Waals surface area (Å²) >= 11 is 0. The largest absolute Gasteiger partial charge is 0.396 e. The van der Waals surface area contributed by atoms with Crippen molar-refractivity contribution in [3.63, 3.8) is 0 Å². The lowest BCUT2D eigenvalue weighted by molar-refractivity contribution is -0.110. The second kappa shape index (κ2) is 4.55. The highest BCUT2D eigenvalue weighted by molar-refractivity contribution is 7.70. The van der Waals surface area contributed by atoms with Gasteiger partial charge in [0.2, 0.25) is 0 Å². The fourth-order valence-corrected chi connectivity index (χ4v) is 1.44. The third-order valence-corrected chi connectivity index (χ3v) is 2.19. The third-order valence-electron chi connectivity index (χ3n) is 1.37. The van der Waals surface area contributed by atoms with E-state index in [-0.39, 0.29) is 5.57 Å². The van der Waals surface area contributed by atoms with Gasteiger partial charge in [0.25, 0.3) is 5.52 Å². The van der Waals surface area contributed by atoms with E-state index in [2.05, 4.69) is 0 Å². The Hall–Kier alpha value is -0.440. The van der Waals surface area contributed by atoms with Gasteiger partial charge >= 0.3 is 7.60 Å². The summed E-state index contributed by atoms with van der Waals surface area (Å²) < 4.78 is 10.5. The van der Waals surface area contributed by atoms with Crippen LogP contribution < -0.4 is 0 Å². The summed E-state index contributed by atoms with van der Waals surface area (Å²) in [6, 6.07) is 0. The SMILES string of the molecule is CC/C=C(/CC)C(=O)P(=O)(O)O. The van der Waals surface area contributed by atoms with Gasteiger partial charge in [-0.3, -0.25) is 9.36 Å². The van der Waals surface area contributed by atoms with E-state index in [1.165, 1.54) is 0 Å². The molecule has 0 fully saturated rings. The topological polar surface area (TPSA) is 74.6 Å². The highest BCUT2D eigenvalue weighted by Gasteiger charge is 2.27. The number of allylic oxidation sites excluding steroid dienone is 2. The Morgan fingerprint density at radius 3 is 2.17 bits per heavy atom. The predicted octanol–water partition coefficient (Wildman–Crippen LogP) is 1.44. The first-order valence-corrected chi connectivity index (χ1v) is 5.34. The van der Waals surface area contributed by atoms with Crippen molar-refractivity contribution in [1.29, 1.82) is 0 Å². The Morgan fingerprint density at radius 2 is 1.92 bits per heavy atom. The van der Waals surface area contributed by atoms with Gasteiger partial charge in [-0.1, -0.05) is 19.9 Å². The molecule has 0 bridgehead atoms. The van der Waals surface area contributed by atoms with Gasteiger partial charge in [0.1, 0.15) is 0 Å². The highest BCUT2D eigenvalue weighted by atomic mass is 31.2. The summed E-state index contributed by atoms with van der Waals surface area (Å²) in [7, 11) is -4.57. The minimum absolute atomic E-state index is 0.214. The molecule has 0 aliphatic carbocycles. The van der Waals surface area contributed by atoms with Crippen LogP contribution in [0, 0.1) is 0 Å². The van der Waals surface area contributed by atoms with Gasteiger partial charge in [0, 0.05) is 5.57 Å². The van der Waals surface area contributed by atoms with Crippen molar-refractivity contribution >= 4 is 13.1 Å². The molecule has 12 heavy (non-hydrogen) atoms. The first-order valence-electron chi connectivity index (χ1n) is 3.72. The van der Waals surface area contributed by atoms with Crippen LogP contribution in [-0.2, 0) is 9.36 Å². The van der Waals surface area contributed by atoms with Crippen molar-refractivity contribution in [2.24, 2.45) is 0 Å². The van der Waals surface area contributed by atoms with Gasteiger partial charge in [-0.2, -0.15) is 0 Å². The average Bonchev–Trinajstić information content (AvgIpc) is 1.97. The lowest BCUT2D eigenvalue weighted by Crippen LogP contribution is -2.02. The van der Waals surface area contributed by atoms with Crippen LogP contribution in [0.25, 0.3) is 0 Å². The van der Waals surface area contributed by atoms with Gasteiger partial charge in [-0.15, -0.1) is 0 Å². The molecule has 5 heteroatoms. The summed E-state index contributed by atoms with van der Waals surface area (Å²) in [6.07, 6.45) is 2.51. The molecule has 0 unspecified atom stereocenters. The number of carbonyl (C=O) groups excluding carboxylic acids is 1. The van der Waals surface area contributed by atoms with E-state index >= 15 is 0 Å². The first-order chi connectivity index (χ1) is 5.43. The molecule has 0 aliphatic heterocycles. The van der Waals surface area contributed by atoms with Crippen LogP contribution in [0.4, 0.5) is 0 Å². The zero-order valence-corrected chi connectivity index (χ0v) is 8.04. The maximum atomic E-state index is 11.0. The molecule has 0 amide bonds. The normalized spacial score (nSPS) is 13.2. The van der Waals surface area contributed by atoms with Crippen LogP contribution in [0.5, 0.6) is 0 Å². The minimum Gasteiger partial charge on any atom is -0.319 e. The second-order valence-corrected chi connectivity index (χ2v) is 3.83. The van der Waals surface area contributed by atoms with Gasteiger partial charge in [0.05, 0.1) is 0 Å². The van der Waals surface area contributed by atoms with Crippen molar-refractivity contribution in [3.05, 3.63) is 11.6 Å². The molecule has 4 nitrogen and oxygen atoms in total. The Bertz CT molecular complexity index is 238. The van der Waals surface area contributed by atoms with Crippen molar-refractivity contribution in [2.45, 2.75) is 26.7 Å². The van der Waals surface area contributed by atoms with Crippen molar-refractivity contribution in [2.75, 3.05) is 0 Å². The molecule has 0 radical (unpaired) electrons. The van der Waals surface area contributed by atoms with E-state index < -0.39 is 13.1 Å². The van der Waals surface area contributed by atoms with Crippen LogP contribution >= 0.6 is 7.60 Å². The molecule has 0 aromatic carbocycles. The summed E-state index contributed by atoms with van der Waals surface area (Å²) in [5.74, 6) is 0. The fraction of sp³-hybridized carbons (Fsp3) is 0.571. The molecule has 0 aliphatic rings. The zero-order valence-electron chi connectivity index (χ0n) is 7.15. The quantitative estimate of drug-likeness (QED) is 0.522. The van der Waals surface area contributed by atoms with Gasteiger partial charge in [0.15, 0.2) is 0 Å². The van der Waals surface area contributed by atoms with E-state index in [4.69, 9.17) is 9.79 Å². The molecule has 0 saturated heterocycles. The molecule has 0 aromatic rings. The number of hydrogen-bond donors (Lipinski definition) is 2. The van der Waals surface area contributed by atoms with E-state index in [1.54, 1.807) is 13.0 Å². The standard InChI is InChI=1S/C7H13O4P/c1-3-5-6(4-2)7(8)12(9,10)11/h5H,3-4H2,1-2H3,(H2,9,10,11)/b6-5-. The van der Waals surface area contributed by atoms with E-state index in [9.17, 15) is 9.36 Å². The molecular formula is C7H13O4P. The molecule has 0 heterocycles. The second-order valence-electron chi connectivity index (χ2n) is 2.34. The minimum atomic E-state index is -4.57. The van der Waals surface area contributed by atoms with Crippen LogP contribution in [0.1, 0.15) is 26.7 Å². The summed E-state index contributed by atoms with van der Waals surface area (Å²) in [5.41, 5.74) is -0.835. The summed E-state index contributed by atoms with van der Waals surface area (Å²) in [6.45, 7) is 3.50. The number of rotatable bonds is 4. The maximum Gasteiger partial charge on any atom is 0.396 e. The van der Waals surface area contributed by atoms with Crippen molar-refractivity contribution in [3.8, 4) is 0 Å². The Labute approximate surface area is 71.5 Å². The Morgan fingerprint density at radius 1 is 1.42 bits per heavy atom. The molecule has 0 atom stereocenters. The Balaban J connectivity index is 4.67. The van der Waals surface area contributed by atoms with E-state index in [1.807, 2.05) is 6.92 Å². The number of hydrogen-bond acceptors (Lipinski definition) is 2. The van der Waals surface area contributed by atoms with Crippen LogP contribution in [0.15, 0.2) is 11.6 Å². The maximum absolute atomic E-state index is 11.0. The molecule has 2 N–H and O–H groups in total. The molecule has 0 aromatic heterocycles. The molecule has 0 saturated carbocycles. The monoisotopic (exact) mass is 192 g/mol. The van der Waals surface area contributed by atoms with E-state index in [0.717, 1.165) is 0 Å². The van der Waals surface area contributed by atoms with Crippen molar-refractivity contribution < 1.29 is 19.1 Å². The fourth-order valence-electron chi connectivity index (χ4n) is 0.816. The third kappa shape index (κ3) is 3.30. The summed E-state index contributed by atoms with van der Waals surface area (Å²) in [5, 5.41) is 0. The van der Waals surface area contributed by atoms with Crippen LogP contribution in [-0.4, -0.2) is 15.3 Å². The average molecular weight is 192 g/mol. The zero-order chi connectivity index (χ0) is 9.78. The van der Waals surface area contributed by atoms with Gasteiger partial charge < -0.3 is 9.79 Å².